The average molecular weight is 1070 g/mol. The van der Waals surface area contributed by atoms with Gasteiger partial charge in [0.2, 0.25) is 0 Å². The predicted octanol–water partition coefficient (Wildman–Crippen LogP) is 19.8. The first-order valence-corrected chi connectivity index (χ1v) is 28.4. The molecule has 0 radical (unpaired) electrons. The molecule has 2 aliphatic heterocycles. The molecule has 4 nitrogen and oxygen atoms in total. The molecule has 2 aromatic heterocycles. The van der Waals surface area contributed by atoms with E-state index in [9.17, 15) is 17.8 Å². The highest BCUT2D eigenvalue weighted by Crippen LogP contribution is 2.51. The second-order valence-corrected chi connectivity index (χ2v) is 28.1. The number of hydrogen-bond donors (Lipinski definition) is 0. The standard InChI is InChI=1S/C73H78BN3OS/c1-43-36-61-66-62(37-43)77(51-31-26-47(27-32-51)70(7,8)9)68-65(54-20-19-21-56(67(54)79-68)73(16,17)18)74(66)57-42-64-55(41-60(57)75(61)50-29-24-46(25-30-50)69(4,5)6)53-34-33-52(40-63(53)78-64)76(58-35-28-48(38-45(58)3)71(10,11)12)59-39-49(72(13,14)15)23-22-44(59)2/h19-42H,1-18H3/i19D,20D,21D,22D,23D,28D,33D,34D,35D,38D,39D,40D,41D. The Kier molecular flexibility index (Phi) is 8.97. The van der Waals surface area contributed by atoms with Crippen LogP contribution in [0, 0.1) is 20.8 Å². The fraction of sp³-hybridized carbons (Fsp3) is 0.315. The van der Waals surface area contributed by atoms with Crippen molar-refractivity contribution in [2.75, 3.05) is 14.7 Å². The summed E-state index contributed by atoms with van der Waals surface area (Å²) in [5.74, 6) is 0. The molecule has 0 saturated heterocycles. The molecule has 400 valence electrons. The second-order valence-electron chi connectivity index (χ2n) is 27.1. The fourth-order valence-electron chi connectivity index (χ4n) is 11.3. The van der Waals surface area contributed by atoms with Gasteiger partial charge in [-0.2, -0.15) is 0 Å². The van der Waals surface area contributed by atoms with E-state index >= 15 is 0 Å². The van der Waals surface area contributed by atoms with Gasteiger partial charge in [0, 0.05) is 67.0 Å². The topological polar surface area (TPSA) is 22.9 Å². The lowest BCUT2D eigenvalue weighted by molar-refractivity contribution is 0.589. The van der Waals surface area contributed by atoms with Crippen molar-refractivity contribution >= 4 is 117 Å². The Bertz CT molecular complexity index is 4830. The number of aryl methyl sites for hydroxylation is 1. The monoisotopic (exact) mass is 1070 g/mol. The normalized spacial score (nSPS) is 16.2. The van der Waals surface area contributed by atoms with Gasteiger partial charge in [-0.15, -0.1) is 11.3 Å². The van der Waals surface area contributed by atoms with Gasteiger partial charge in [0.05, 0.1) is 22.8 Å². The van der Waals surface area contributed by atoms with E-state index in [0.717, 1.165) is 60.1 Å². The molecule has 0 aliphatic carbocycles. The molecule has 12 rings (SSSR count). The molecule has 2 aliphatic rings. The highest BCUT2D eigenvalue weighted by molar-refractivity contribution is 7.27. The van der Waals surface area contributed by atoms with Crippen molar-refractivity contribution in [1.82, 2.24) is 0 Å². The van der Waals surface area contributed by atoms with Crippen LogP contribution in [0.2, 0.25) is 0 Å². The number of rotatable bonds is 5. The summed E-state index contributed by atoms with van der Waals surface area (Å²) >= 11 is 1.50. The van der Waals surface area contributed by atoms with Gasteiger partial charge < -0.3 is 19.1 Å². The zero-order chi connectivity index (χ0) is 67.5. The van der Waals surface area contributed by atoms with Crippen molar-refractivity contribution in [3.63, 3.8) is 0 Å². The number of thiophene rings is 1. The largest absolute Gasteiger partial charge is 0.456 e. The predicted molar refractivity (Wildman–Crippen MR) is 346 cm³/mol. The number of hydrogen-bond acceptors (Lipinski definition) is 5. The van der Waals surface area contributed by atoms with Crippen molar-refractivity contribution < 1.29 is 22.2 Å². The Morgan fingerprint density at radius 2 is 1.06 bits per heavy atom. The summed E-state index contributed by atoms with van der Waals surface area (Å²) < 4.78 is 136. The van der Waals surface area contributed by atoms with Crippen molar-refractivity contribution in [2.45, 2.75) is 152 Å². The Hall–Kier alpha value is -7.02. The van der Waals surface area contributed by atoms with Crippen molar-refractivity contribution in [3.8, 4) is 0 Å². The Balaban J connectivity index is 1.25. The van der Waals surface area contributed by atoms with Crippen molar-refractivity contribution in [2.24, 2.45) is 0 Å². The lowest BCUT2D eigenvalue weighted by atomic mass is 9.33. The first kappa shape index (κ1) is 39.4. The number of benzene rings is 8. The maximum absolute atomic E-state index is 10.9. The number of fused-ring (bicyclic) bond motifs is 9. The molecule has 0 atom stereocenters. The quantitative estimate of drug-likeness (QED) is 0.160. The lowest BCUT2D eigenvalue weighted by Crippen LogP contribution is -2.61. The van der Waals surface area contributed by atoms with Crippen LogP contribution in [0.3, 0.4) is 0 Å². The van der Waals surface area contributed by atoms with Crippen LogP contribution in [0.4, 0.5) is 50.5 Å². The summed E-state index contributed by atoms with van der Waals surface area (Å²) in [7, 11) is 0. The minimum atomic E-state index is -0.883. The van der Waals surface area contributed by atoms with Crippen LogP contribution in [-0.2, 0) is 27.1 Å². The van der Waals surface area contributed by atoms with Crippen molar-refractivity contribution in [3.05, 3.63) is 190 Å². The highest BCUT2D eigenvalue weighted by Gasteiger charge is 2.46. The molecule has 0 fully saturated rings. The van der Waals surface area contributed by atoms with E-state index in [0.29, 0.717) is 27.7 Å². The second kappa shape index (κ2) is 18.0. The first-order valence-electron chi connectivity index (χ1n) is 34.1. The van der Waals surface area contributed by atoms with Crippen LogP contribution >= 0.6 is 11.3 Å². The van der Waals surface area contributed by atoms with E-state index in [1.807, 2.05) is 68.4 Å². The van der Waals surface area contributed by atoms with E-state index < -0.39 is 41.1 Å². The molecule has 6 heteroatoms. The lowest BCUT2D eigenvalue weighted by Gasteiger charge is -2.43. The smallest absolute Gasteiger partial charge is 0.254 e. The zero-order valence-corrected chi connectivity index (χ0v) is 49.9. The number of anilines is 9. The zero-order valence-electron chi connectivity index (χ0n) is 62.1. The molecular formula is C73H78BN3OS. The van der Waals surface area contributed by atoms with Crippen LogP contribution < -0.4 is 31.1 Å². The van der Waals surface area contributed by atoms with Gasteiger partial charge in [0.25, 0.3) is 6.71 Å². The van der Waals surface area contributed by atoms with E-state index in [1.165, 1.54) is 16.2 Å². The summed E-state index contributed by atoms with van der Waals surface area (Å²) in [6.45, 7) is 34.6. The van der Waals surface area contributed by atoms with E-state index in [4.69, 9.17) is 4.42 Å². The summed E-state index contributed by atoms with van der Waals surface area (Å²) in [5, 5.41) is 1.47. The molecule has 0 saturated carbocycles. The maximum Gasteiger partial charge on any atom is 0.254 e. The van der Waals surface area contributed by atoms with Gasteiger partial charge in [-0.3, -0.25) is 0 Å². The van der Waals surface area contributed by atoms with Gasteiger partial charge in [-0.25, -0.2) is 0 Å². The average Bonchev–Trinajstić information content (AvgIpc) is 1.31. The minimum Gasteiger partial charge on any atom is -0.456 e. The Labute approximate surface area is 493 Å². The van der Waals surface area contributed by atoms with Gasteiger partial charge in [0.1, 0.15) is 11.2 Å². The van der Waals surface area contributed by atoms with Gasteiger partial charge in [-0.1, -0.05) is 170 Å². The first-order chi connectivity index (χ1) is 42.5. The van der Waals surface area contributed by atoms with Gasteiger partial charge >= 0.3 is 0 Å². The van der Waals surface area contributed by atoms with E-state index in [2.05, 4.69) is 119 Å². The molecule has 0 unspecified atom stereocenters. The van der Waals surface area contributed by atoms with Crippen LogP contribution in [0.1, 0.15) is 166 Å². The van der Waals surface area contributed by atoms with Gasteiger partial charge in [-0.05, 0) is 187 Å². The third kappa shape index (κ3) is 8.79. The molecule has 0 bridgehead atoms. The van der Waals surface area contributed by atoms with Crippen LogP contribution in [-0.4, -0.2) is 6.71 Å². The number of nitrogens with zero attached hydrogens (tertiary/aromatic N) is 3. The van der Waals surface area contributed by atoms with Crippen molar-refractivity contribution in [1.29, 1.82) is 0 Å². The summed E-state index contributed by atoms with van der Waals surface area (Å²) in [5.41, 5.74) is 7.29. The SMILES string of the molecule is [2H]c1c([2H])c(C(C)(C)C)c([2H])c(N(c2c([2H])c([2H])c(C(C)(C)C)c([2H])c2C)c2c([2H])c([2H])c3c(oc4cc5c(c([2H])c43)N(c3ccc(C(C)(C)C)cc3)c3cc(C)cc4c3B5c3c(sc5c(C(C)(C)C)c([2H])c([2H])c([2H])c35)N4c3ccc(C(C)(C)C)cc3)c2[2H])c1C. The summed E-state index contributed by atoms with van der Waals surface area (Å²) in [6.07, 6.45) is 0. The molecule has 4 heterocycles. The van der Waals surface area contributed by atoms with E-state index in [1.54, 1.807) is 13.8 Å². The molecule has 8 aromatic carbocycles. The highest BCUT2D eigenvalue weighted by atomic mass is 32.1. The third-order valence-electron chi connectivity index (χ3n) is 15.7. The van der Waals surface area contributed by atoms with Gasteiger partial charge in [0.15, 0.2) is 0 Å². The summed E-state index contributed by atoms with van der Waals surface area (Å²) in [6, 6.07) is 19.9. The molecule has 0 spiro atoms. The summed E-state index contributed by atoms with van der Waals surface area (Å²) in [4.78, 5) is 5.66. The minimum absolute atomic E-state index is 0.000290. The molecule has 0 amide bonds. The Morgan fingerprint density at radius 3 is 1.67 bits per heavy atom. The fourth-order valence-corrected chi connectivity index (χ4v) is 12.8. The number of furan rings is 1. The molecule has 0 N–H and O–H groups in total. The van der Waals surface area contributed by atoms with Crippen LogP contribution in [0.15, 0.2) is 150 Å². The van der Waals surface area contributed by atoms with Crippen LogP contribution in [0.5, 0.6) is 0 Å². The van der Waals surface area contributed by atoms with E-state index in [-0.39, 0.29) is 127 Å². The Morgan fingerprint density at radius 1 is 0.481 bits per heavy atom. The maximum atomic E-state index is 10.9. The van der Waals surface area contributed by atoms with Crippen LogP contribution in [0.25, 0.3) is 32.0 Å². The molecule has 10 aromatic rings. The molecule has 79 heavy (non-hydrogen) atoms. The third-order valence-corrected chi connectivity index (χ3v) is 16.9. The molecular weight excluding hydrogens is 978 g/mol.